The number of hydrogen-bond donors (Lipinski definition) is 6. The highest BCUT2D eigenvalue weighted by Crippen LogP contribution is 2.32. The summed E-state index contributed by atoms with van der Waals surface area (Å²) in [4.78, 5) is 42.8. The zero-order valence-corrected chi connectivity index (χ0v) is 31.5. The van der Waals surface area contributed by atoms with Crippen LogP contribution in [0.1, 0.15) is 36.5 Å². The number of H-pyrrole nitrogens is 1. The highest BCUT2D eigenvalue weighted by atomic mass is 16.6. The Balaban J connectivity index is 0.919. The Labute approximate surface area is 329 Å². The molecule has 1 fully saturated rings. The fourth-order valence-electron chi connectivity index (χ4n) is 7.12. The van der Waals surface area contributed by atoms with Crippen LogP contribution in [0.2, 0.25) is 0 Å². The molecule has 1 aliphatic heterocycles. The van der Waals surface area contributed by atoms with Crippen molar-refractivity contribution >= 4 is 34.3 Å². The number of hydrogen-bond acceptors (Lipinski definition) is 10. The summed E-state index contributed by atoms with van der Waals surface area (Å²) in [6, 6.07) is 28.9. The molecular formula is C43H45N7O7. The number of piperidine rings is 1. The summed E-state index contributed by atoms with van der Waals surface area (Å²) in [5, 5.41) is 35.5. The SMILES string of the molecule is COc1cc(NC(=O)CCN2CCC(OC(=O)Nc3ccccc3-c3ccccc3)CC2)c(-n2cccn2)cc1CNCC(O)c1ccc(O)c2[nH]c(=O)ccc12. The molecule has 0 spiro atoms. The van der Waals surface area contributed by atoms with E-state index in [-0.39, 0.29) is 41.8 Å². The molecule has 6 N–H and O–H groups in total. The Morgan fingerprint density at radius 1 is 0.947 bits per heavy atom. The molecular weight excluding hydrogens is 727 g/mol. The number of rotatable bonds is 14. The number of nitrogens with zero attached hydrogens (tertiary/aromatic N) is 3. The fraction of sp³-hybridized carbons (Fsp3) is 0.256. The Hall–Kier alpha value is -6.48. The van der Waals surface area contributed by atoms with E-state index >= 15 is 0 Å². The lowest BCUT2D eigenvalue weighted by Gasteiger charge is -2.31. The Kier molecular flexibility index (Phi) is 12.2. The molecule has 1 aliphatic rings. The largest absolute Gasteiger partial charge is 0.506 e. The zero-order chi connectivity index (χ0) is 39.7. The highest BCUT2D eigenvalue weighted by Gasteiger charge is 2.24. The molecule has 14 nitrogen and oxygen atoms in total. The van der Waals surface area contributed by atoms with E-state index in [9.17, 15) is 24.6 Å². The molecule has 1 atom stereocenters. The number of ether oxygens (including phenoxy) is 2. The minimum Gasteiger partial charge on any atom is -0.506 e. The first-order valence-corrected chi connectivity index (χ1v) is 18.8. The fourth-order valence-corrected chi connectivity index (χ4v) is 7.12. The quantitative estimate of drug-likeness (QED) is 0.0773. The summed E-state index contributed by atoms with van der Waals surface area (Å²) >= 11 is 0. The van der Waals surface area contributed by atoms with Gasteiger partial charge in [0.05, 0.1) is 35.8 Å². The molecule has 0 aliphatic carbocycles. The Morgan fingerprint density at radius 3 is 2.51 bits per heavy atom. The third-order valence-electron chi connectivity index (χ3n) is 10.1. The molecule has 4 aromatic carbocycles. The standard InChI is InChI=1S/C43H45N7O7/c1-56-39-25-35(36(50-20-7-19-45-50)24-29(39)26-44-27-38(52)32-12-14-37(51)42-33(32)13-15-40(53)48-42)46-41(54)18-23-49-21-16-30(17-22-49)57-43(55)47-34-11-6-5-10-31(34)28-8-3-2-4-9-28/h2-15,19-20,24-25,30,38,44,51-52H,16-18,21-23,26-27H2,1H3,(H,46,54)(H,47,55)(H,48,53). The van der Waals surface area contributed by atoms with Gasteiger partial charge in [-0.05, 0) is 54.3 Å². The van der Waals surface area contributed by atoms with Crippen LogP contribution < -0.4 is 26.2 Å². The topological polar surface area (TPSA) is 183 Å². The van der Waals surface area contributed by atoms with Crippen molar-refractivity contribution in [2.75, 3.05) is 43.9 Å². The molecule has 2 amide bonds. The number of aromatic hydroxyl groups is 1. The normalized spacial score (nSPS) is 13.9. The summed E-state index contributed by atoms with van der Waals surface area (Å²) in [5.74, 6) is 0.285. The van der Waals surface area contributed by atoms with Gasteiger partial charge in [0, 0.05) is 80.2 Å². The molecule has 294 valence electrons. The predicted octanol–water partition coefficient (Wildman–Crippen LogP) is 5.96. The van der Waals surface area contributed by atoms with Crippen molar-refractivity contribution in [3.8, 4) is 28.3 Å². The number of aromatic amines is 1. The van der Waals surface area contributed by atoms with E-state index in [4.69, 9.17) is 9.47 Å². The smallest absolute Gasteiger partial charge is 0.411 e. The number of methoxy groups -OCH3 is 1. The first-order chi connectivity index (χ1) is 27.7. The lowest BCUT2D eigenvalue weighted by Crippen LogP contribution is -2.39. The molecule has 6 aromatic rings. The maximum Gasteiger partial charge on any atom is 0.411 e. The van der Waals surface area contributed by atoms with Gasteiger partial charge >= 0.3 is 6.09 Å². The number of pyridine rings is 1. The molecule has 2 aromatic heterocycles. The number of para-hydroxylation sites is 1. The van der Waals surface area contributed by atoms with Crippen LogP contribution in [-0.2, 0) is 16.1 Å². The number of phenolic OH excluding ortho intramolecular Hbond substituents is 1. The van der Waals surface area contributed by atoms with Crippen molar-refractivity contribution in [3.05, 3.63) is 131 Å². The van der Waals surface area contributed by atoms with Gasteiger partial charge in [0.15, 0.2) is 0 Å². The highest BCUT2D eigenvalue weighted by molar-refractivity contribution is 5.94. The van der Waals surface area contributed by atoms with Crippen molar-refractivity contribution < 1.29 is 29.3 Å². The number of likely N-dealkylation sites (tertiary alicyclic amines) is 1. The van der Waals surface area contributed by atoms with Crippen LogP contribution in [-0.4, -0.2) is 81.3 Å². The number of anilines is 2. The maximum atomic E-state index is 13.3. The minimum absolute atomic E-state index is 0.0786. The summed E-state index contributed by atoms with van der Waals surface area (Å²) in [5.41, 5.74) is 5.01. The lowest BCUT2D eigenvalue weighted by molar-refractivity contribution is -0.116. The van der Waals surface area contributed by atoms with E-state index in [1.807, 2.05) is 60.7 Å². The predicted molar refractivity (Wildman–Crippen MR) is 218 cm³/mol. The Morgan fingerprint density at radius 2 is 1.74 bits per heavy atom. The minimum atomic E-state index is -0.944. The van der Waals surface area contributed by atoms with Gasteiger partial charge in [-0.15, -0.1) is 0 Å². The van der Waals surface area contributed by atoms with Crippen molar-refractivity contribution in [1.29, 1.82) is 0 Å². The molecule has 57 heavy (non-hydrogen) atoms. The first-order valence-electron chi connectivity index (χ1n) is 18.8. The van der Waals surface area contributed by atoms with Crippen LogP contribution >= 0.6 is 0 Å². The number of carbonyl (C=O) groups excluding carboxylic acids is 2. The van der Waals surface area contributed by atoms with Gasteiger partial charge in [-0.3, -0.25) is 14.9 Å². The second kappa shape index (κ2) is 18.0. The van der Waals surface area contributed by atoms with Gasteiger partial charge in [0.1, 0.15) is 17.6 Å². The molecule has 1 unspecified atom stereocenters. The van der Waals surface area contributed by atoms with Crippen LogP contribution in [0.25, 0.3) is 27.7 Å². The van der Waals surface area contributed by atoms with Gasteiger partial charge < -0.3 is 40.2 Å². The molecule has 0 bridgehead atoms. The number of fused-ring (bicyclic) bond motifs is 1. The monoisotopic (exact) mass is 771 g/mol. The maximum absolute atomic E-state index is 13.3. The average Bonchev–Trinajstić information content (AvgIpc) is 3.77. The van der Waals surface area contributed by atoms with Crippen LogP contribution in [0.15, 0.2) is 114 Å². The third-order valence-corrected chi connectivity index (χ3v) is 10.1. The van der Waals surface area contributed by atoms with Gasteiger partial charge in [0.2, 0.25) is 11.5 Å². The van der Waals surface area contributed by atoms with Crippen molar-refractivity contribution in [1.82, 2.24) is 25.0 Å². The molecule has 0 saturated carbocycles. The first kappa shape index (κ1) is 38.8. The van der Waals surface area contributed by atoms with Crippen molar-refractivity contribution in [3.63, 3.8) is 0 Å². The number of benzene rings is 4. The summed E-state index contributed by atoms with van der Waals surface area (Å²) in [7, 11) is 1.55. The van der Waals surface area contributed by atoms with E-state index in [0.29, 0.717) is 72.8 Å². The second-order valence-electron chi connectivity index (χ2n) is 13.8. The molecule has 14 heteroatoms. The van der Waals surface area contributed by atoms with Gasteiger partial charge in [-0.1, -0.05) is 54.6 Å². The van der Waals surface area contributed by atoms with Crippen molar-refractivity contribution in [2.24, 2.45) is 0 Å². The van der Waals surface area contributed by atoms with Gasteiger partial charge in [0.25, 0.3) is 0 Å². The van der Waals surface area contributed by atoms with E-state index in [1.165, 1.54) is 12.1 Å². The summed E-state index contributed by atoms with van der Waals surface area (Å²) in [6.45, 7) is 2.41. The van der Waals surface area contributed by atoms with Crippen LogP contribution in [0, 0.1) is 0 Å². The summed E-state index contributed by atoms with van der Waals surface area (Å²) < 4.78 is 13.2. The number of carbonyl (C=O) groups is 2. The number of aliphatic hydroxyl groups excluding tert-OH is 1. The van der Waals surface area contributed by atoms with Crippen LogP contribution in [0.5, 0.6) is 11.5 Å². The molecule has 7 rings (SSSR count). The van der Waals surface area contributed by atoms with Crippen LogP contribution in [0.3, 0.4) is 0 Å². The Bertz CT molecular complexity index is 2380. The van der Waals surface area contributed by atoms with Gasteiger partial charge in [-0.25, -0.2) is 9.48 Å². The van der Waals surface area contributed by atoms with Crippen LogP contribution in [0.4, 0.5) is 16.2 Å². The molecule has 0 radical (unpaired) electrons. The average molecular weight is 772 g/mol. The zero-order valence-electron chi connectivity index (χ0n) is 31.5. The van der Waals surface area contributed by atoms with E-state index in [2.05, 4.69) is 30.9 Å². The lowest BCUT2D eigenvalue weighted by atomic mass is 10.0. The third kappa shape index (κ3) is 9.50. The summed E-state index contributed by atoms with van der Waals surface area (Å²) in [6.07, 6.45) is 3.36. The number of phenols is 1. The number of nitrogens with one attached hydrogen (secondary N) is 4. The van der Waals surface area contributed by atoms with E-state index in [0.717, 1.165) is 16.7 Å². The van der Waals surface area contributed by atoms with Gasteiger partial charge in [-0.2, -0.15) is 5.10 Å². The van der Waals surface area contributed by atoms with Crippen molar-refractivity contribution in [2.45, 2.75) is 38.0 Å². The van der Waals surface area contributed by atoms with E-state index < -0.39 is 12.2 Å². The molecule has 1 saturated heterocycles. The van der Waals surface area contributed by atoms with E-state index in [1.54, 1.807) is 48.5 Å². The molecule has 3 heterocycles. The number of aliphatic hydroxyl groups is 1. The number of amides is 2. The second-order valence-corrected chi connectivity index (χ2v) is 13.8. The number of aromatic nitrogens is 3.